The third-order valence-electron chi connectivity index (χ3n) is 3.05. The van der Waals surface area contributed by atoms with Crippen LogP contribution in [0.25, 0.3) is 0 Å². The van der Waals surface area contributed by atoms with E-state index in [1.54, 1.807) is 25.9 Å². The molecule has 3 heterocycles. The summed E-state index contributed by atoms with van der Waals surface area (Å²) in [5, 5.41) is 2.99. The fourth-order valence-electron chi connectivity index (χ4n) is 2.20. The van der Waals surface area contributed by atoms with Gasteiger partial charge in [-0.05, 0) is 0 Å². The van der Waals surface area contributed by atoms with Gasteiger partial charge >= 0.3 is 139 Å². The van der Waals surface area contributed by atoms with Gasteiger partial charge in [-0.15, -0.1) is 0 Å². The van der Waals surface area contributed by atoms with Crippen LogP contribution in [0.15, 0.2) is 25.9 Å². The van der Waals surface area contributed by atoms with Gasteiger partial charge in [-0.1, -0.05) is 0 Å². The molecule has 0 fully saturated rings. The summed E-state index contributed by atoms with van der Waals surface area (Å²) in [6.07, 6.45) is 5.52. The quantitative estimate of drug-likeness (QED) is 0.470. The molecule has 0 aromatic carbocycles. The molecule has 0 amide bonds. The molecule has 0 atom stereocenters. The second-order valence-electron chi connectivity index (χ2n) is 4.31. The van der Waals surface area contributed by atoms with Crippen LogP contribution in [0, 0.1) is 0 Å². The number of hydrogen-bond acceptors (Lipinski definition) is 4. The topological polar surface area (TPSA) is 0 Å². The van der Waals surface area contributed by atoms with Crippen LogP contribution in [0.4, 0.5) is 0 Å². The summed E-state index contributed by atoms with van der Waals surface area (Å²) in [7, 11) is 0. The van der Waals surface area contributed by atoms with Crippen molar-refractivity contribution in [3.05, 3.63) is 25.9 Å². The van der Waals surface area contributed by atoms with Gasteiger partial charge in [-0.3, -0.25) is 0 Å². The Morgan fingerprint density at radius 3 is 1.72 bits per heavy atom. The Morgan fingerprint density at radius 1 is 0.667 bits per heavy atom. The summed E-state index contributed by atoms with van der Waals surface area (Å²) in [5.74, 6) is 0. The number of thioether (sulfide) groups is 4. The van der Waals surface area contributed by atoms with Gasteiger partial charge in [0, 0.05) is 0 Å². The standard InChI is InChI=1S/C12H12S4Se2/c1-2-4-8-7(3-1)13-9(14-8)10-15-11-12(16-10)18-6-5-17-11/h1-6H2. The van der Waals surface area contributed by atoms with Crippen LogP contribution in [0.1, 0.15) is 25.7 Å². The second-order valence-corrected chi connectivity index (χ2v) is 14.9. The number of allylic oxidation sites excluding steroid dienone is 2. The number of hydrogen-bond donors (Lipinski definition) is 0. The SMILES string of the molecule is C1CCC2=C(C1)SC(=C1SC3=C(S1)[Se]CC[Se]3)S2. The van der Waals surface area contributed by atoms with Crippen molar-refractivity contribution in [2.45, 2.75) is 36.3 Å². The molecule has 0 bridgehead atoms. The van der Waals surface area contributed by atoms with Crippen LogP contribution in [0.3, 0.4) is 0 Å². The van der Waals surface area contributed by atoms with E-state index in [1.165, 1.54) is 36.3 Å². The second kappa shape index (κ2) is 5.81. The maximum absolute atomic E-state index is 2.13. The molecule has 6 heteroatoms. The molecular formula is C12H12S4Se2. The first kappa shape index (κ1) is 13.3. The van der Waals surface area contributed by atoms with E-state index in [9.17, 15) is 0 Å². The maximum atomic E-state index is 2.13. The molecule has 0 saturated heterocycles. The van der Waals surface area contributed by atoms with Crippen LogP contribution in [0.2, 0.25) is 10.6 Å². The van der Waals surface area contributed by atoms with Crippen molar-refractivity contribution < 1.29 is 0 Å². The first-order valence-corrected chi connectivity index (χ1v) is 13.5. The molecule has 0 aromatic rings. The van der Waals surface area contributed by atoms with Crippen LogP contribution < -0.4 is 0 Å². The Labute approximate surface area is 138 Å². The average Bonchev–Trinajstić information content (AvgIpc) is 3.02. The zero-order valence-electron chi connectivity index (χ0n) is 9.69. The molecule has 96 valence electrons. The molecule has 0 aromatic heterocycles. The molecule has 4 rings (SSSR count). The van der Waals surface area contributed by atoms with E-state index in [-0.39, 0.29) is 0 Å². The Morgan fingerprint density at radius 2 is 1.17 bits per heavy atom. The number of rotatable bonds is 0. The zero-order chi connectivity index (χ0) is 11.9. The van der Waals surface area contributed by atoms with Crippen LogP contribution >= 0.6 is 47.0 Å². The predicted octanol–water partition coefficient (Wildman–Crippen LogP) is 5.24. The molecule has 18 heavy (non-hydrogen) atoms. The Bertz CT molecular complexity index is 408. The van der Waals surface area contributed by atoms with E-state index >= 15 is 0 Å². The summed E-state index contributed by atoms with van der Waals surface area (Å²) in [4.78, 5) is 3.41. The zero-order valence-corrected chi connectivity index (χ0v) is 16.4. The van der Waals surface area contributed by atoms with E-state index in [0.29, 0.717) is 0 Å². The minimum atomic E-state index is 0.802. The molecule has 0 unspecified atom stereocenters. The predicted molar refractivity (Wildman–Crippen MR) is 91.0 cm³/mol. The molecule has 0 spiro atoms. The molecule has 0 nitrogen and oxygen atoms in total. The van der Waals surface area contributed by atoms with E-state index < -0.39 is 0 Å². The van der Waals surface area contributed by atoms with Crippen molar-refractivity contribution in [1.82, 2.24) is 0 Å². The van der Waals surface area contributed by atoms with Gasteiger partial charge in [0.25, 0.3) is 0 Å². The third kappa shape index (κ3) is 2.57. The molecule has 1 aliphatic carbocycles. The van der Waals surface area contributed by atoms with Crippen molar-refractivity contribution in [1.29, 1.82) is 0 Å². The molecule has 0 radical (unpaired) electrons. The van der Waals surface area contributed by atoms with E-state index in [4.69, 9.17) is 0 Å². The van der Waals surface area contributed by atoms with Crippen molar-refractivity contribution in [3.63, 3.8) is 0 Å². The monoisotopic (exact) mass is 444 g/mol. The van der Waals surface area contributed by atoms with Gasteiger partial charge in [-0.25, -0.2) is 0 Å². The molecule has 4 aliphatic rings. The van der Waals surface area contributed by atoms with Gasteiger partial charge < -0.3 is 0 Å². The van der Waals surface area contributed by atoms with Gasteiger partial charge in [0.2, 0.25) is 0 Å². The molecule has 0 saturated carbocycles. The van der Waals surface area contributed by atoms with Crippen molar-refractivity contribution >= 4 is 77.0 Å². The molecular weight excluding hydrogens is 430 g/mol. The third-order valence-corrected chi connectivity index (χ3v) is 17.1. The van der Waals surface area contributed by atoms with Crippen molar-refractivity contribution in [3.8, 4) is 0 Å². The normalized spacial score (nSPS) is 28.0. The van der Waals surface area contributed by atoms with Gasteiger partial charge in [0.1, 0.15) is 0 Å². The van der Waals surface area contributed by atoms with E-state index in [0.717, 1.165) is 29.9 Å². The Hall–Kier alpha value is 1.66. The van der Waals surface area contributed by atoms with Crippen molar-refractivity contribution in [2.24, 2.45) is 0 Å². The fourth-order valence-corrected chi connectivity index (χ4v) is 16.7. The summed E-state index contributed by atoms with van der Waals surface area (Å²) in [6.45, 7) is 0. The van der Waals surface area contributed by atoms with E-state index in [1.807, 2.05) is 0 Å². The van der Waals surface area contributed by atoms with Crippen LogP contribution in [0.5, 0.6) is 0 Å². The Balaban J connectivity index is 1.54. The van der Waals surface area contributed by atoms with E-state index in [2.05, 4.69) is 47.0 Å². The van der Waals surface area contributed by atoms with Gasteiger partial charge in [0.05, 0.1) is 0 Å². The molecule has 0 N–H and O–H groups in total. The first-order valence-electron chi connectivity index (χ1n) is 6.08. The van der Waals surface area contributed by atoms with Crippen LogP contribution in [-0.2, 0) is 0 Å². The average molecular weight is 442 g/mol. The summed E-state index contributed by atoms with van der Waals surface area (Å²) >= 11 is 10.1. The Kier molecular flexibility index (Phi) is 4.30. The summed E-state index contributed by atoms with van der Waals surface area (Å²) in [5.41, 5.74) is 0. The van der Waals surface area contributed by atoms with Crippen molar-refractivity contribution in [2.75, 3.05) is 0 Å². The fraction of sp³-hybridized carbons (Fsp3) is 0.500. The molecule has 3 aliphatic heterocycles. The van der Waals surface area contributed by atoms with Crippen LogP contribution in [-0.4, -0.2) is 29.9 Å². The van der Waals surface area contributed by atoms with Gasteiger partial charge in [-0.2, -0.15) is 0 Å². The summed E-state index contributed by atoms with van der Waals surface area (Å²) < 4.78 is 6.83. The first-order chi connectivity index (χ1) is 8.90. The van der Waals surface area contributed by atoms with Gasteiger partial charge in [0.15, 0.2) is 0 Å². The summed E-state index contributed by atoms with van der Waals surface area (Å²) in [6, 6.07) is 0. The minimum absolute atomic E-state index is 0.802.